The minimum absolute atomic E-state index is 0.164. The van der Waals surface area contributed by atoms with Gasteiger partial charge in [-0.15, -0.1) is 10.2 Å². The maximum absolute atomic E-state index is 12.3. The van der Waals surface area contributed by atoms with Gasteiger partial charge in [-0.1, -0.05) is 54.4 Å². The van der Waals surface area contributed by atoms with Crippen molar-refractivity contribution in [2.75, 3.05) is 5.75 Å². The molecule has 7 nitrogen and oxygen atoms in total. The van der Waals surface area contributed by atoms with Gasteiger partial charge in [-0.25, -0.2) is 5.43 Å². The van der Waals surface area contributed by atoms with E-state index >= 15 is 0 Å². The third-order valence-corrected chi connectivity index (χ3v) is 6.31. The smallest absolute Gasteiger partial charge is 0.250 e. The largest absolute Gasteiger partial charge is 0.350 e. The van der Waals surface area contributed by atoms with Crippen molar-refractivity contribution in [1.29, 1.82) is 0 Å². The predicted molar refractivity (Wildman–Crippen MR) is 120 cm³/mol. The monoisotopic (exact) mass is 422 g/mol. The van der Waals surface area contributed by atoms with Crippen molar-refractivity contribution in [1.82, 2.24) is 24.8 Å². The molecule has 4 rings (SSSR count). The Morgan fingerprint density at radius 3 is 2.70 bits per heavy atom. The number of benzene rings is 1. The van der Waals surface area contributed by atoms with Crippen molar-refractivity contribution in [3.63, 3.8) is 0 Å². The summed E-state index contributed by atoms with van der Waals surface area (Å²) < 4.78 is 4.16. The lowest BCUT2D eigenvalue weighted by Gasteiger charge is -2.16. The summed E-state index contributed by atoms with van der Waals surface area (Å²) in [7, 11) is 1.93. The second-order valence-electron chi connectivity index (χ2n) is 7.61. The number of aromatic nitrogens is 4. The van der Waals surface area contributed by atoms with Crippen LogP contribution in [0.5, 0.6) is 0 Å². The van der Waals surface area contributed by atoms with Gasteiger partial charge in [0, 0.05) is 24.8 Å². The lowest BCUT2D eigenvalue weighted by atomic mass is 10.1. The third-order valence-electron chi connectivity index (χ3n) is 5.37. The molecule has 2 aromatic heterocycles. The van der Waals surface area contributed by atoms with E-state index in [9.17, 15) is 4.79 Å². The van der Waals surface area contributed by atoms with Crippen molar-refractivity contribution in [2.45, 2.75) is 43.8 Å². The van der Waals surface area contributed by atoms with E-state index in [0.29, 0.717) is 6.04 Å². The Kier molecular flexibility index (Phi) is 6.32. The first-order valence-electron chi connectivity index (χ1n) is 10.2. The predicted octanol–water partition coefficient (Wildman–Crippen LogP) is 3.95. The van der Waals surface area contributed by atoms with Gasteiger partial charge < -0.3 is 4.57 Å². The van der Waals surface area contributed by atoms with Crippen LogP contribution in [-0.2, 0) is 11.8 Å². The molecule has 1 fully saturated rings. The first-order valence-corrected chi connectivity index (χ1v) is 11.2. The number of hydrogen-bond donors (Lipinski definition) is 1. The molecule has 1 saturated carbocycles. The molecular formula is C22H26N6OS. The molecule has 1 aliphatic carbocycles. The van der Waals surface area contributed by atoms with Crippen LogP contribution in [0.1, 0.15) is 43.0 Å². The van der Waals surface area contributed by atoms with Crippen LogP contribution in [0, 0.1) is 6.92 Å². The van der Waals surface area contributed by atoms with Gasteiger partial charge in [0.15, 0.2) is 11.0 Å². The third kappa shape index (κ3) is 4.64. The molecule has 0 spiro atoms. The summed E-state index contributed by atoms with van der Waals surface area (Å²) in [5.74, 6) is 0.957. The summed E-state index contributed by atoms with van der Waals surface area (Å²) in [5, 5.41) is 13.7. The minimum Gasteiger partial charge on any atom is -0.350 e. The van der Waals surface area contributed by atoms with Crippen molar-refractivity contribution < 1.29 is 4.79 Å². The zero-order valence-electron chi connectivity index (χ0n) is 17.3. The summed E-state index contributed by atoms with van der Waals surface area (Å²) in [5.41, 5.74) is 5.79. The van der Waals surface area contributed by atoms with Gasteiger partial charge in [-0.2, -0.15) is 5.10 Å². The zero-order valence-corrected chi connectivity index (χ0v) is 18.1. The highest BCUT2D eigenvalue weighted by atomic mass is 32.2. The maximum Gasteiger partial charge on any atom is 0.250 e. The lowest BCUT2D eigenvalue weighted by molar-refractivity contribution is -0.118. The molecule has 0 bridgehead atoms. The van der Waals surface area contributed by atoms with Gasteiger partial charge in [-0.3, -0.25) is 9.36 Å². The van der Waals surface area contributed by atoms with E-state index in [1.165, 1.54) is 30.2 Å². The van der Waals surface area contributed by atoms with E-state index in [-0.39, 0.29) is 11.7 Å². The van der Waals surface area contributed by atoms with Gasteiger partial charge in [0.1, 0.15) is 0 Å². The molecule has 1 amide bonds. The fourth-order valence-corrected chi connectivity index (χ4v) is 4.51. The lowest BCUT2D eigenvalue weighted by Crippen LogP contribution is -2.20. The number of aryl methyl sites for hydroxylation is 2. The fourth-order valence-electron chi connectivity index (χ4n) is 3.71. The highest BCUT2D eigenvalue weighted by molar-refractivity contribution is 7.99. The number of hydrazone groups is 1. The standard InChI is InChI=1S/C22H26N6OS/c1-16-9-11-17(12-10-16)21-25-26-22(28(21)18-6-3-4-7-18)30-15-20(29)24-23-14-19-8-5-13-27(19)2/h5,8-14,18H,3-4,6-7,15H2,1-2H3,(H,24,29). The zero-order chi connectivity index (χ0) is 20.9. The number of carbonyl (C=O) groups excluding carboxylic acids is 1. The number of rotatable bonds is 7. The number of amides is 1. The van der Waals surface area contributed by atoms with Crippen LogP contribution in [0.4, 0.5) is 0 Å². The minimum atomic E-state index is -0.164. The molecule has 156 valence electrons. The number of carbonyl (C=O) groups is 1. The Morgan fingerprint density at radius 2 is 2.00 bits per heavy atom. The number of hydrogen-bond acceptors (Lipinski definition) is 5. The number of nitrogens with one attached hydrogen (secondary N) is 1. The van der Waals surface area contributed by atoms with E-state index < -0.39 is 0 Å². The van der Waals surface area contributed by atoms with Gasteiger partial charge in [0.2, 0.25) is 0 Å². The van der Waals surface area contributed by atoms with Gasteiger partial charge in [0.25, 0.3) is 5.91 Å². The van der Waals surface area contributed by atoms with E-state index in [1.807, 2.05) is 29.9 Å². The van der Waals surface area contributed by atoms with Crippen molar-refractivity contribution in [3.05, 3.63) is 53.9 Å². The van der Waals surface area contributed by atoms with Crippen LogP contribution in [-0.4, -0.2) is 37.2 Å². The molecule has 1 aliphatic rings. The Labute approximate surface area is 180 Å². The Bertz CT molecular complexity index is 1030. The van der Waals surface area contributed by atoms with E-state index in [0.717, 1.165) is 35.1 Å². The highest BCUT2D eigenvalue weighted by Gasteiger charge is 2.25. The second-order valence-corrected chi connectivity index (χ2v) is 8.55. The normalized spacial score (nSPS) is 14.6. The molecule has 1 N–H and O–H groups in total. The Morgan fingerprint density at radius 1 is 1.23 bits per heavy atom. The number of thioether (sulfide) groups is 1. The van der Waals surface area contributed by atoms with Crippen LogP contribution in [0.25, 0.3) is 11.4 Å². The van der Waals surface area contributed by atoms with Gasteiger partial charge >= 0.3 is 0 Å². The first-order chi connectivity index (χ1) is 14.6. The van der Waals surface area contributed by atoms with E-state index in [1.54, 1.807) is 6.21 Å². The van der Waals surface area contributed by atoms with Crippen molar-refractivity contribution >= 4 is 23.9 Å². The van der Waals surface area contributed by atoms with Crippen molar-refractivity contribution in [3.8, 4) is 11.4 Å². The molecule has 0 atom stereocenters. The molecule has 0 aliphatic heterocycles. The van der Waals surface area contributed by atoms with Crippen LogP contribution in [0.2, 0.25) is 0 Å². The average Bonchev–Trinajstić information content (AvgIpc) is 3.48. The summed E-state index contributed by atoms with van der Waals surface area (Å²) >= 11 is 1.41. The fraction of sp³-hybridized carbons (Fsp3) is 0.364. The molecule has 2 heterocycles. The summed E-state index contributed by atoms with van der Waals surface area (Å²) in [4.78, 5) is 12.3. The van der Waals surface area contributed by atoms with Gasteiger partial charge in [-0.05, 0) is 31.9 Å². The summed E-state index contributed by atoms with van der Waals surface area (Å²) in [6.45, 7) is 2.08. The van der Waals surface area contributed by atoms with Crippen LogP contribution >= 0.6 is 11.8 Å². The molecular weight excluding hydrogens is 396 g/mol. The average molecular weight is 423 g/mol. The second kappa shape index (κ2) is 9.30. The Hall–Kier alpha value is -2.87. The first kappa shape index (κ1) is 20.4. The number of nitrogens with zero attached hydrogens (tertiary/aromatic N) is 5. The molecule has 0 unspecified atom stereocenters. The summed E-state index contributed by atoms with van der Waals surface area (Å²) in [6.07, 6.45) is 8.25. The topological polar surface area (TPSA) is 77.1 Å². The maximum atomic E-state index is 12.3. The molecule has 0 saturated heterocycles. The van der Waals surface area contributed by atoms with Crippen molar-refractivity contribution in [2.24, 2.45) is 12.1 Å². The molecule has 30 heavy (non-hydrogen) atoms. The molecule has 0 radical (unpaired) electrons. The van der Waals surface area contributed by atoms with Gasteiger partial charge in [0.05, 0.1) is 17.7 Å². The molecule has 1 aromatic carbocycles. The van der Waals surface area contributed by atoms with Crippen LogP contribution in [0.15, 0.2) is 52.9 Å². The SMILES string of the molecule is Cc1ccc(-c2nnc(SCC(=O)NN=Cc3cccn3C)n2C2CCCC2)cc1. The van der Waals surface area contributed by atoms with Crippen LogP contribution < -0.4 is 5.43 Å². The Balaban J connectivity index is 1.45. The van der Waals surface area contributed by atoms with Crippen LogP contribution in [0.3, 0.4) is 0 Å². The molecule has 8 heteroatoms. The quantitative estimate of drug-likeness (QED) is 0.355. The van der Waals surface area contributed by atoms with E-state index in [4.69, 9.17) is 0 Å². The van der Waals surface area contributed by atoms with E-state index in [2.05, 4.69) is 56.5 Å². The molecule has 3 aromatic rings. The highest BCUT2D eigenvalue weighted by Crippen LogP contribution is 2.36. The summed E-state index contributed by atoms with van der Waals surface area (Å²) in [6, 6.07) is 12.6.